The van der Waals surface area contributed by atoms with E-state index in [4.69, 9.17) is 32.2 Å². The quantitative estimate of drug-likeness (QED) is 0.207. The van der Waals surface area contributed by atoms with Crippen LogP contribution in [0.1, 0.15) is 35.7 Å². The van der Waals surface area contributed by atoms with E-state index in [9.17, 15) is 14.7 Å². The van der Waals surface area contributed by atoms with Crippen molar-refractivity contribution in [2.45, 2.75) is 25.3 Å². The number of halogens is 1. The summed E-state index contributed by atoms with van der Waals surface area (Å²) >= 11 is 6.45. The van der Waals surface area contributed by atoms with Crippen molar-refractivity contribution in [2.24, 2.45) is 0 Å². The lowest BCUT2D eigenvalue weighted by atomic mass is 9.97. The Labute approximate surface area is 285 Å². The van der Waals surface area contributed by atoms with Gasteiger partial charge in [-0.3, -0.25) is 9.59 Å². The second-order valence-corrected chi connectivity index (χ2v) is 12.0. The van der Waals surface area contributed by atoms with Crippen molar-refractivity contribution < 1.29 is 14.6 Å². The number of phenols is 1. The van der Waals surface area contributed by atoms with E-state index in [1.165, 1.54) is 6.33 Å². The number of anilines is 1. The molecule has 1 aliphatic heterocycles. The highest BCUT2D eigenvalue weighted by Gasteiger charge is 2.25. The maximum atomic E-state index is 13.8. The third kappa shape index (κ3) is 6.67. The smallest absolute Gasteiger partial charge is 0.260 e. The van der Waals surface area contributed by atoms with Gasteiger partial charge in [0.15, 0.2) is 5.65 Å². The van der Waals surface area contributed by atoms with Crippen LogP contribution in [0.5, 0.6) is 5.75 Å². The topological polar surface area (TPSA) is 165 Å². The Hall–Kier alpha value is -5.77. The van der Waals surface area contributed by atoms with Gasteiger partial charge in [0.05, 0.1) is 42.0 Å². The normalized spacial score (nSPS) is 13.7. The van der Waals surface area contributed by atoms with Crippen molar-refractivity contribution in [1.29, 1.82) is 0 Å². The Balaban J connectivity index is 1.25. The standard InChI is InChI=1S/C36H31ClN8O4/c37-25-10-3-8-23(18-25)27(20-45-35-31(33(38)39-21-40-35)32(43-45)24-9-4-11-26(46)19-24)34-41-28-12-5-7-22(30(28)36(48)42-34)6-1-2-13-29(47)44-14-16-49-17-15-44/h3-5,7-12,18-19,21,27,46H,2,13-17,20H2,(H2,38,39,40)(H,41,42,48). The fourth-order valence-corrected chi connectivity index (χ4v) is 6.23. The molecule has 3 aromatic carbocycles. The van der Waals surface area contributed by atoms with Crippen molar-refractivity contribution in [2.75, 3.05) is 32.0 Å². The van der Waals surface area contributed by atoms with Gasteiger partial charge in [0.25, 0.3) is 5.56 Å². The minimum atomic E-state index is -0.520. The number of carbonyl (C=O) groups excluding carboxylic acids is 1. The predicted octanol–water partition coefficient (Wildman–Crippen LogP) is 4.49. The number of hydrogen-bond donors (Lipinski definition) is 3. The number of amides is 1. The second-order valence-electron chi connectivity index (χ2n) is 11.6. The number of aromatic nitrogens is 6. The van der Waals surface area contributed by atoms with E-state index < -0.39 is 5.92 Å². The molecule has 1 aliphatic rings. The van der Waals surface area contributed by atoms with E-state index in [1.54, 1.807) is 52.0 Å². The number of H-pyrrole nitrogens is 1. The minimum Gasteiger partial charge on any atom is -0.508 e. The first-order chi connectivity index (χ1) is 23.9. The number of rotatable bonds is 7. The van der Waals surface area contributed by atoms with E-state index in [-0.39, 0.29) is 29.6 Å². The summed E-state index contributed by atoms with van der Waals surface area (Å²) in [6.45, 7) is 2.48. The first-order valence-corrected chi connectivity index (χ1v) is 16.1. The maximum absolute atomic E-state index is 13.8. The Bertz CT molecular complexity index is 2320. The third-order valence-corrected chi connectivity index (χ3v) is 8.65. The van der Waals surface area contributed by atoms with Crippen LogP contribution in [0.4, 0.5) is 5.82 Å². The molecule has 0 spiro atoms. The molecule has 6 aromatic rings. The average Bonchev–Trinajstić information content (AvgIpc) is 3.48. The van der Waals surface area contributed by atoms with Crippen LogP contribution in [0.3, 0.4) is 0 Å². The number of morpholine rings is 1. The van der Waals surface area contributed by atoms with Gasteiger partial charge in [-0.25, -0.2) is 19.6 Å². The molecule has 1 unspecified atom stereocenters. The number of ether oxygens (including phenoxy) is 1. The first kappa shape index (κ1) is 31.8. The number of phenolic OH excluding ortho intramolecular Hbond substituents is 1. The van der Waals surface area contributed by atoms with Crippen molar-refractivity contribution in [3.05, 3.63) is 105 Å². The molecule has 3 aromatic heterocycles. The molecule has 12 nitrogen and oxygen atoms in total. The van der Waals surface area contributed by atoms with Crippen molar-refractivity contribution in [3.63, 3.8) is 0 Å². The van der Waals surface area contributed by atoms with Crippen LogP contribution in [-0.4, -0.2) is 71.9 Å². The number of nitrogens with two attached hydrogens (primary N) is 1. The Kier molecular flexibility index (Phi) is 8.93. The van der Waals surface area contributed by atoms with Crippen LogP contribution >= 0.6 is 11.6 Å². The Morgan fingerprint density at radius 1 is 1.06 bits per heavy atom. The summed E-state index contributed by atoms with van der Waals surface area (Å²) in [6.07, 6.45) is 2.03. The van der Waals surface area contributed by atoms with Crippen LogP contribution in [0.25, 0.3) is 33.2 Å². The summed E-state index contributed by atoms with van der Waals surface area (Å²) < 4.78 is 7.02. The highest BCUT2D eigenvalue weighted by molar-refractivity contribution is 6.30. The molecule has 7 rings (SSSR count). The third-order valence-electron chi connectivity index (χ3n) is 8.42. The first-order valence-electron chi connectivity index (χ1n) is 15.7. The molecule has 0 radical (unpaired) electrons. The average molecular weight is 675 g/mol. The van der Waals surface area contributed by atoms with E-state index in [1.807, 2.05) is 24.3 Å². The summed E-state index contributed by atoms with van der Waals surface area (Å²) in [5.74, 6) is 6.38. The molecule has 1 atom stereocenters. The number of aromatic amines is 1. The number of hydrogen-bond acceptors (Lipinski definition) is 9. The highest BCUT2D eigenvalue weighted by Crippen LogP contribution is 2.34. The largest absolute Gasteiger partial charge is 0.508 e. The van der Waals surface area contributed by atoms with Gasteiger partial charge in [-0.1, -0.05) is 53.8 Å². The minimum absolute atomic E-state index is 0.0416. The number of aromatic hydroxyl groups is 1. The summed E-state index contributed by atoms with van der Waals surface area (Å²) in [5.41, 5.74) is 9.39. The summed E-state index contributed by atoms with van der Waals surface area (Å²) in [4.78, 5) is 44.7. The van der Waals surface area contributed by atoms with Gasteiger partial charge in [-0.15, -0.1) is 0 Å². The number of fused-ring (bicyclic) bond motifs is 2. The van der Waals surface area contributed by atoms with Gasteiger partial charge in [0, 0.05) is 42.1 Å². The van der Waals surface area contributed by atoms with Gasteiger partial charge < -0.3 is 25.5 Å². The SMILES string of the molecule is Nc1ncnc2c1c(-c1cccc(O)c1)nn2CC(c1cccc(Cl)c1)c1nc2cccc(C#CCCC(=O)N3CCOCC3)c2c(=O)[nH]1. The maximum Gasteiger partial charge on any atom is 0.260 e. The van der Waals surface area contributed by atoms with Crippen LogP contribution in [0, 0.1) is 11.8 Å². The molecule has 0 aliphatic carbocycles. The Morgan fingerprint density at radius 3 is 2.69 bits per heavy atom. The molecule has 1 fully saturated rings. The zero-order valence-electron chi connectivity index (χ0n) is 26.3. The van der Waals surface area contributed by atoms with Crippen LogP contribution in [-0.2, 0) is 16.1 Å². The summed E-state index contributed by atoms with van der Waals surface area (Å²) in [5, 5.41) is 16.5. The zero-order chi connectivity index (χ0) is 33.9. The lowest BCUT2D eigenvalue weighted by molar-refractivity contribution is -0.135. The van der Waals surface area contributed by atoms with Gasteiger partial charge in [-0.05, 0) is 42.0 Å². The lowest BCUT2D eigenvalue weighted by Crippen LogP contribution is -2.40. The molecule has 1 amide bonds. The van der Waals surface area contributed by atoms with Crippen molar-refractivity contribution >= 4 is 45.3 Å². The van der Waals surface area contributed by atoms with Crippen LogP contribution in [0.2, 0.25) is 5.02 Å². The number of benzene rings is 3. The van der Waals surface area contributed by atoms with Gasteiger partial charge in [0.2, 0.25) is 5.91 Å². The van der Waals surface area contributed by atoms with Crippen LogP contribution in [0.15, 0.2) is 77.9 Å². The molecule has 0 saturated carbocycles. The van der Waals surface area contributed by atoms with Gasteiger partial charge in [-0.2, -0.15) is 5.10 Å². The monoisotopic (exact) mass is 674 g/mol. The second kappa shape index (κ2) is 13.8. The number of carbonyl (C=O) groups is 1. The molecule has 0 bridgehead atoms. The van der Waals surface area contributed by atoms with Crippen molar-refractivity contribution in [1.82, 2.24) is 34.6 Å². The molecule has 49 heavy (non-hydrogen) atoms. The van der Waals surface area contributed by atoms with E-state index in [0.717, 1.165) is 5.56 Å². The predicted molar refractivity (Wildman–Crippen MR) is 186 cm³/mol. The van der Waals surface area contributed by atoms with Gasteiger partial charge >= 0.3 is 0 Å². The summed E-state index contributed by atoms with van der Waals surface area (Å²) in [6, 6.07) is 19.4. The van der Waals surface area contributed by atoms with E-state index >= 15 is 0 Å². The van der Waals surface area contributed by atoms with Gasteiger partial charge in [0.1, 0.15) is 29.4 Å². The molecule has 4 N–H and O–H groups in total. The fourth-order valence-electron chi connectivity index (χ4n) is 6.03. The number of nitrogens with one attached hydrogen (secondary N) is 1. The van der Waals surface area contributed by atoms with E-state index in [2.05, 4.69) is 26.8 Å². The molecule has 13 heteroatoms. The number of nitrogens with zero attached hydrogens (tertiary/aromatic N) is 6. The number of nitrogen functional groups attached to an aromatic ring is 1. The molecular formula is C36H31ClN8O4. The van der Waals surface area contributed by atoms with E-state index in [0.29, 0.717) is 88.7 Å². The Morgan fingerprint density at radius 2 is 1.88 bits per heavy atom. The fraction of sp³-hybridized carbons (Fsp3) is 0.222. The van der Waals surface area contributed by atoms with Crippen molar-refractivity contribution in [3.8, 4) is 28.8 Å². The summed E-state index contributed by atoms with van der Waals surface area (Å²) in [7, 11) is 0. The highest BCUT2D eigenvalue weighted by atomic mass is 35.5. The molecular weight excluding hydrogens is 644 g/mol. The van der Waals surface area contributed by atoms with Crippen LogP contribution < -0.4 is 11.3 Å². The molecule has 246 valence electrons. The zero-order valence-corrected chi connectivity index (χ0v) is 27.0. The lowest BCUT2D eigenvalue weighted by Gasteiger charge is -2.26. The molecule has 1 saturated heterocycles. The molecule has 4 heterocycles.